The zero-order valence-electron chi connectivity index (χ0n) is 27.7. The van der Waals surface area contributed by atoms with Crippen LogP contribution in [-0.4, -0.2) is 24.9 Å². The number of para-hydroxylation sites is 1. The van der Waals surface area contributed by atoms with Gasteiger partial charge in [0, 0.05) is 55.9 Å². The van der Waals surface area contributed by atoms with Gasteiger partial charge < -0.3 is 0 Å². The summed E-state index contributed by atoms with van der Waals surface area (Å²) in [4.78, 5) is 25.0. The first kappa shape index (κ1) is 29.5. The van der Waals surface area contributed by atoms with Crippen LogP contribution >= 0.6 is 0 Å². The Kier molecular flexibility index (Phi) is 7.17. The fourth-order valence-corrected chi connectivity index (χ4v) is 6.77. The molecule has 0 N–H and O–H groups in total. The van der Waals surface area contributed by atoms with Crippen molar-refractivity contribution in [3.63, 3.8) is 0 Å². The minimum Gasteiger partial charge on any atom is -0.256 e. The maximum atomic E-state index is 5.20. The largest absolute Gasteiger partial charge is 0.256 e. The van der Waals surface area contributed by atoms with Gasteiger partial charge in [-0.05, 0) is 61.4 Å². The second kappa shape index (κ2) is 12.1. The number of hydrogen-bond acceptors (Lipinski definition) is 5. The van der Waals surface area contributed by atoms with Crippen LogP contribution in [0.25, 0.3) is 89.0 Å². The molecule has 5 aromatic carbocycles. The fourth-order valence-electron chi connectivity index (χ4n) is 6.77. The van der Waals surface area contributed by atoms with Crippen molar-refractivity contribution in [2.24, 2.45) is 0 Å². The first-order valence-electron chi connectivity index (χ1n) is 16.7. The van der Waals surface area contributed by atoms with E-state index in [9.17, 15) is 0 Å². The molecular weight excluding hydrogens is 611 g/mol. The van der Waals surface area contributed by atoms with Crippen LogP contribution in [0.4, 0.5) is 0 Å². The van der Waals surface area contributed by atoms with E-state index >= 15 is 0 Å². The molecule has 4 aromatic heterocycles. The lowest BCUT2D eigenvalue weighted by Gasteiger charge is -2.13. The summed E-state index contributed by atoms with van der Waals surface area (Å²) < 4.78 is 0. The number of nitrogens with zero attached hydrogens (tertiary/aromatic N) is 5. The molecule has 0 amide bonds. The Balaban J connectivity index is 1.18. The van der Waals surface area contributed by atoms with Crippen LogP contribution in [0.1, 0.15) is 11.3 Å². The summed E-state index contributed by atoms with van der Waals surface area (Å²) in [6.45, 7) is 4.17. The van der Waals surface area contributed by atoms with Crippen molar-refractivity contribution in [3.8, 4) is 56.3 Å². The van der Waals surface area contributed by atoms with Crippen LogP contribution in [0, 0.1) is 13.8 Å². The van der Waals surface area contributed by atoms with Gasteiger partial charge in [-0.2, -0.15) is 0 Å². The van der Waals surface area contributed by atoms with Crippen molar-refractivity contribution in [2.75, 3.05) is 0 Å². The van der Waals surface area contributed by atoms with E-state index in [1.807, 2.05) is 43.5 Å². The normalized spacial score (nSPS) is 11.4. The zero-order valence-corrected chi connectivity index (χ0v) is 27.7. The van der Waals surface area contributed by atoms with Gasteiger partial charge in [-0.25, -0.2) is 15.0 Å². The van der Waals surface area contributed by atoms with Crippen LogP contribution < -0.4 is 0 Å². The second-order valence-corrected chi connectivity index (χ2v) is 12.7. The topological polar surface area (TPSA) is 64.5 Å². The lowest BCUT2D eigenvalue weighted by molar-refractivity contribution is 1.18. The van der Waals surface area contributed by atoms with Gasteiger partial charge in [0.2, 0.25) is 0 Å². The number of fused-ring (bicyclic) bond motifs is 4. The van der Waals surface area contributed by atoms with Crippen molar-refractivity contribution in [2.45, 2.75) is 13.8 Å². The fraction of sp³-hybridized carbons (Fsp3) is 0.0444. The van der Waals surface area contributed by atoms with Gasteiger partial charge in [0.1, 0.15) is 0 Å². The molecule has 5 nitrogen and oxygen atoms in total. The van der Waals surface area contributed by atoms with E-state index in [1.165, 1.54) is 0 Å². The highest BCUT2D eigenvalue weighted by Gasteiger charge is 2.15. The Morgan fingerprint density at radius 3 is 1.80 bits per heavy atom. The molecule has 5 heteroatoms. The van der Waals surface area contributed by atoms with Gasteiger partial charge in [0.05, 0.1) is 33.6 Å². The van der Waals surface area contributed by atoms with Crippen LogP contribution in [0.2, 0.25) is 0 Å². The lowest BCUT2D eigenvalue weighted by atomic mass is 9.98. The van der Waals surface area contributed by atoms with Gasteiger partial charge in [-0.1, -0.05) is 109 Å². The molecule has 0 bridgehead atoms. The summed E-state index contributed by atoms with van der Waals surface area (Å²) in [5.74, 6) is 0.674. The average molecular weight is 642 g/mol. The highest BCUT2D eigenvalue weighted by Crippen LogP contribution is 2.34. The van der Waals surface area contributed by atoms with Crippen molar-refractivity contribution >= 4 is 32.7 Å². The Morgan fingerprint density at radius 2 is 1.02 bits per heavy atom. The van der Waals surface area contributed by atoms with E-state index in [4.69, 9.17) is 24.9 Å². The molecule has 9 aromatic rings. The van der Waals surface area contributed by atoms with Crippen molar-refractivity contribution in [1.82, 2.24) is 24.9 Å². The standard InChI is InChI=1S/C45H31N5/c1-28-24-39(48-44-37(28)22-21-31-20-19-29(2)47-43(31)44)35-15-7-16-36(26-35)41-27-40(49-45(50-41)32-10-4-3-5-11-32)34-14-6-13-33(25-34)38-18-8-12-30-17-9-23-46-42(30)38/h3-27H,1-2H3. The predicted molar refractivity (Wildman–Crippen MR) is 205 cm³/mol. The van der Waals surface area contributed by atoms with E-state index in [0.717, 1.165) is 94.4 Å². The highest BCUT2D eigenvalue weighted by molar-refractivity contribution is 6.04. The number of rotatable bonds is 5. The van der Waals surface area contributed by atoms with Crippen molar-refractivity contribution in [3.05, 3.63) is 163 Å². The molecule has 0 saturated heterocycles. The Hall–Kier alpha value is -6.59. The van der Waals surface area contributed by atoms with Gasteiger partial charge in [-0.15, -0.1) is 0 Å². The van der Waals surface area contributed by atoms with Crippen LogP contribution in [0.15, 0.2) is 152 Å². The Bertz CT molecular complexity index is 2730. The summed E-state index contributed by atoms with van der Waals surface area (Å²) >= 11 is 0. The molecule has 50 heavy (non-hydrogen) atoms. The third kappa shape index (κ3) is 5.35. The smallest absolute Gasteiger partial charge is 0.160 e. The number of benzene rings is 5. The van der Waals surface area contributed by atoms with Gasteiger partial charge in [-0.3, -0.25) is 9.97 Å². The van der Waals surface area contributed by atoms with E-state index < -0.39 is 0 Å². The second-order valence-electron chi connectivity index (χ2n) is 12.7. The minimum atomic E-state index is 0.674. The van der Waals surface area contributed by atoms with Crippen LogP contribution in [-0.2, 0) is 0 Å². The van der Waals surface area contributed by atoms with Crippen molar-refractivity contribution in [1.29, 1.82) is 0 Å². The molecule has 4 heterocycles. The molecule has 0 aliphatic heterocycles. The Morgan fingerprint density at radius 1 is 0.400 bits per heavy atom. The SMILES string of the molecule is Cc1ccc2ccc3c(C)cc(-c4cccc(-c5cc(-c6cccc(-c7cccc8cccnc78)c6)nc(-c6ccccc6)n5)c4)nc3c2n1. The summed E-state index contributed by atoms with van der Waals surface area (Å²) in [6.07, 6.45) is 1.85. The van der Waals surface area contributed by atoms with E-state index in [2.05, 4.69) is 122 Å². The predicted octanol–water partition coefficient (Wildman–Crippen LogP) is 11.1. The summed E-state index contributed by atoms with van der Waals surface area (Å²) in [5.41, 5.74) is 13.7. The first-order chi connectivity index (χ1) is 24.6. The maximum absolute atomic E-state index is 5.20. The van der Waals surface area contributed by atoms with E-state index in [0.29, 0.717) is 5.82 Å². The molecule has 236 valence electrons. The molecule has 0 radical (unpaired) electrons. The van der Waals surface area contributed by atoms with Gasteiger partial charge >= 0.3 is 0 Å². The van der Waals surface area contributed by atoms with Crippen LogP contribution in [0.5, 0.6) is 0 Å². The molecule has 0 atom stereocenters. The number of aromatic nitrogens is 5. The van der Waals surface area contributed by atoms with E-state index in [-0.39, 0.29) is 0 Å². The number of aryl methyl sites for hydroxylation is 2. The zero-order chi connectivity index (χ0) is 33.6. The van der Waals surface area contributed by atoms with Gasteiger partial charge in [0.25, 0.3) is 0 Å². The third-order valence-corrected chi connectivity index (χ3v) is 9.30. The molecule has 0 aliphatic rings. The maximum Gasteiger partial charge on any atom is 0.160 e. The summed E-state index contributed by atoms with van der Waals surface area (Å²) in [5, 5.41) is 3.32. The van der Waals surface area contributed by atoms with Crippen LogP contribution in [0.3, 0.4) is 0 Å². The molecule has 0 unspecified atom stereocenters. The average Bonchev–Trinajstić information content (AvgIpc) is 3.18. The molecule has 0 aliphatic carbocycles. The Labute approximate surface area is 290 Å². The molecular formula is C45H31N5. The first-order valence-corrected chi connectivity index (χ1v) is 16.7. The van der Waals surface area contributed by atoms with Gasteiger partial charge in [0.15, 0.2) is 5.82 Å². The molecule has 0 fully saturated rings. The quantitative estimate of drug-likeness (QED) is 0.175. The van der Waals surface area contributed by atoms with Crippen molar-refractivity contribution < 1.29 is 0 Å². The summed E-state index contributed by atoms with van der Waals surface area (Å²) in [7, 11) is 0. The third-order valence-electron chi connectivity index (χ3n) is 9.30. The summed E-state index contributed by atoms with van der Waals surface area (Å²) in [6, 6.07) is 50.3. The molecule has 9 rings (SSSR count). The minimum absolute atomic E-state index is 0.674. The van der Waals surface area contributed by atoms with E-state index in [1.54, 1.807) is 0 Å². The lowest BCUT2D eigenvalue weighted by Crippen LogP contribution is -1.97. The number of hydrogen-bond donors (Lipinski definition) is 0. The molecule has 0 spiro atoms. The molecule has 0 saturated carbocycles. The number of pyridine rings is 3. The monoisotopic (exact) mass is 641 g/mol. The highest BCUT2D eigenvalue weighted by atomic mass is 14.9.